The van der Waals surface area contributed by atoms with Crippen molar-refractivity contribution in [1.82, 2.24) is 10.0 Å². The molecule has 1 amide bonds. The van der Waals surface area contributed by atoms with E-state index in [9.17, 15) is 13.2 Å². The Kier molecular flexibility index (Phi) is 4.12. The molecule has 1 aromatic carbocycles. The number of hydrogen-bond donors (Lipinski definition) is 3. The summed E-state index contributed by atoms with van der Waals surface area (Å²) < 4.78 is 27.2. The zero-order valence-corrected chi connectivity index (χ0v) is 12.4. The minimum atomic E-state index is -3.61. The lowest BCUT2D eigenvalue weighted by atomic mass is 10.2. The number of anilines is 1. The number of amides is 1. The Balaban J connectivity index is 2.05. The van der Waals surface area contributed by atoms with E-state index in [0.717, 1.165) is 0 Å². The van der Waals surface area contributed by atoms with Crippen LogP contribution in [0.25, 0.3) is 0 Å². The van der Waals surface area contributed by atoms with Crippen molar-refractivity contribution < 1.29 is 13.2 Å². The third-order valence-electron chi connectivity index (χ3n) is 2.88. The second kappa shape index (κ2) is 5.48. The largest absolute Gasteiger partial charge is 0.398 e. The summed E-state index contributed by atoms with van der Waals surface area (Å²) in [5.41, 5.74) is 6.02. The molecule has 0 aliphatic carbocycles. The molecule has 0 radical (unpaired) electrons. The van der Waals surface area contributed by atoms with Gasteiger partial charge in [0.1, 0.15) is 0 Å². The van der Waals surface area contributed by atoms with Crippen LogP contribution in [-0.4, -0.2) is 26.9 Å². The molecule has 1 aromatic rings. The minimum absolute atomic E-state index is 0.0444. The van der Waals surface area contributed by atoms with E-state index < -0.39 is 10.0 Å². The number of nitrogens with two attached hydrogens (primary N) is 1. The molecule has 1 aliphatic heterocycles. The molecule has 0 spiro atoms. The van der Waals surface area contributed by atoms with Gasteiger partial charge in [-0.2, -0.15) is 0 Å². The second-order valence-electron chi connectivity index (χ2n) is 4.34. The Morgan fingerprint density at radius 3 is 2.79 bits per heavy atom. The van der Waals surface area contributed by atoms with Crippen LogP contribution in [0.15, 0.2) is 27.6 Å². The molecule has 1 fully saturated rings. The lowest BCUT2D eigenvalue weighted by Crippen LogP contribution is -2.38. The van der Waals surface area contributed by atoms with E-state index in [1.165, 1.54) is 12.1 Å². The first-order valence-electron chi connectivity index (χ1n) is 5.72. The van der Waals surface area contributed by atoms with Crippen LogP contribution in [0.5, 0.6) is 0 Å². The Morgan fingerprint density at radius 2 is 2.21 bits per heavy atom. The molecule has 0 saturated carbocycles. The minimum Gasteiger partial charge on any atom is -0.398 e. The zero-order chi connectivity index (χ0) is 14.0. The van der Waals surface area contributed by atoms with E-state index in [2.05, 4.69) is 26.0 Å². The van der Waals surface area contributed by atoms with Gasteiger partial charge in [-0.15, -0.1) is 0 Å². The molecule has 1 unspecified atom stereocenters. The summed E-state index contributed by atoms with van der Waals surface area (Å²) in [5, 5.41) is 2.70. The second-order valence-corrected chi connectivity index (χ2v) is 6.96. The van der Waals surface area contributed by atoms with Crippen molar-refractivity contribution in [3.8, 4) is 0 Å². The summed E-state index contributed by atoms with van der Waals surface area (Å²) >= 11 is 3.21. The van der Waals surface area contributed by atoms with Crippen LogP contribution in [0.4, 0.5) is 5.69 Å². The number of nitrogens with one attached hydrogen (secondary N) is 2. The summed E-state index contributed by atoms with van der Waals surface area (Å²) in [6, 6.07) is 4.30. The van der Waals surface area contributed by atoms with Crippen LogP contribution >= 0.6 is 15.9 Å². The molecule has 1 heterocycles. The number of hydrogen-bond acceptors (Lipinski definition) is 4. The molecule has 8 heteroatoms. The molecule has 6 nitrogen and oxygen atoms in total. The summed E-state index contributed by atoms with van der Waals surface area (Å²) in [6.45, 7) is 0.185. The number of benzene rings is 1. The first-order valence-corrected chi connectivity index (χ1v) is 8.00. The Labute approximate surface area is 119 Å². The SMILES string of the molecule is Nc1cc(S(=O)(=O)NCC2CCC(=O)N2)ccc1Br. The normalized spacial score (nSPS) is 19.4. The Morgan fingerprint density at radius 1 is 1.47 bits per heavy atom. The quantitative estimate of drug-likeness (QED) is 0.693. The highest BCUT2D eigenvalue weighted by molar-refractivity contribution is 9.10. The van der Waals surface area contributed by atoms with Crippen LogP contribution in [0.2, 0.25) is 0 Å². The number of sulfonamides is 1. The first-order chi connectivity index (χ1) is 8.88. The topological polar surface area (TPSA) is 101 Å². The van der Waals surface area contributed by atoms with Gasteiger partial charge in [0.2, 0.25) is 15.9 Å². The van der Waals surface area contributed by atoms with Crippen molar-refractivity contribution in [1.29, 1.82) is 0 Å². The Bertz CT molecular complexity index is 603. The van der Waals surface area contributed by atoms with Crippen LogP contribution in [-0.2, 0) is 14.8 Å². The van der Waals surface area contributed by atoms with Crippen LogP contribution < -0.4 is 15.8 Å². The molecular weight excluding hydrogens is 334 g/mol. The molecule has 1 atom stereocenters. The van der Waals surface area contributed by atoms with Crippen molar-refractivity contribution in [2.75, 3.05) is 12.3 Å². The van der Waals surface area contributed by atoms with Gasteiger partial charge < -0.3 is 11.1 Å². The molecule has 1 aliphatic rings. The van der Waals surface area contributed by atoms with Gasteiger partial charge >= 0.3 is 0 Å². The molecule has 2 rings (SSSR count). The third kappa shape index (κ3) is 3.46. The van der Waals surface area contributed by atoms with E-state index >= 15 is 0 Å². The smallest absolute Gasteiger partial charge is 0.240 e. The van der Waals surface area contributed by atoms with Crippen LogP contribution in [0.3, 0.4) is 0 Å². The van der Waals surface area contributed by atoms with Crippen molar-refractivity contribution in [3.63, 3.8) is 0 Å². The van der Waals surface area contributed by atoms with E-state index in [1.54, 1.807) is 6.07 Å². The number of carbonyl (C=O) groups is 1. The van der Waals surface area contributed by atoms with Gasteiger partial charge in [-0.25, -0.2) is 13.1 Å². The fourth-order valence-corrected chi connectivity index (χ4v) is 3.18. The van der Waals surface area contributed by atoms with Gasteiger partial charge in [-0.1, -0.05) is 0 Å². The maximum atomic E-state index is 12.0. The number of nitrogen functional groups attached to an aromatic ring is 1. The number of halogens is 1. The zero-order valence-electron chi connectivity index (χ0n) is 10.0. The summed E-state index contributed by atoms with van der Waals surface area (Å²) in [7, 11) is -3.61. The summed E-state index contributed by atoms with van der Waals surface area (Å²) in [5.74, 6) is -0.0444. The third-order valence-corrected chi connectivity index (χ3v) is 5.03. The van der Waals surface area contributed by atoms with E-state index in [4.69, 9.17) is 5.73 Å². The highest BCUT2D eigenvalue weighted by atomic mass is 79.9. The molecule has 19 heavy (non-hydrogen) atoms. The molecule has 104 valence electrons. The van der Waals surface area contributed by atoms with Gasteiger partial charge in [-0.05, 0) is 40.5 Å². The monoisotopic (exact) mass is 347 g/mol. The lowest BCUT2D eigenvalue weighted by Gasteiger charge is -2.12. The summed E-state index contributed by atoms with van der Waals surface area (Å²) in [6.07, 6.45) is 1.08. The fraction of sp³-hybridized carbons (Fsp3) is 0.364. The van der Waals surface area contributed by atoms with Gasteiger partial charge in [0.25, 0.3) is 0 Å². The van der Waals surface area contributed by atoms with Crippen molar-refractivity contribution in [2.24, 2.45) is 0 Å². The van der Waals surface area contributed by atoms with Gasteiger partial charge in [0, 0.05) is 29.2 Å². The molecule has 0 bridgehead atoms. The fourth-order valence-electron chi connectivity index (χ4n) is 1.81. The van der Waals surface area contributed by atoms with Crippen molar-refractivity contribution in [2.45, 2.75) is 23.8 Å². The predicted molar refractivity (Wildman–Crippen MR) is 74.9 cm³/mol. The Hall–Kier alpha value is -1.12. The van der Waals surface area contributed by atoms with Gasteiger partial charge in [0.05, 0.1) is 4.90 Å². The van der Waals surface area contributed by atoms with E-state index in [0.29, 0.717) is 23.0 Å². The highest BCUT2D eigenvalue weighted by Gasteiger charge is 2.23. The van der Waals surface area contributed by atoms with E-state index in [1.807, 2.05) is 0 Å². The molecule has 0 aromatic heterocycles. The van der Waals surface area contributed by atoms with Gasteiger partial charge in [-0.3, -0.25) is 4.79 Å². The number of carbonyl (C=O) groups excluding carboxylic acids is 1. The predicted octanol–water partition coefficient (Wildman–Crippen LogP) is 0.588. The summed E-state index contributed by atoms with van der Waals surface area (Å²) in [4.78, 5) is 11.1. The molecule has 4 N–H and O–H groups in total. The highest BCUT2D eigenvalue weighted by Crippen LogP contribution is 2.22. The lowest BCUT2D eigenvalue weighted by molar-refractivity contribution is -0.119. The van der Waals surface area contributed by atoms with Crippen molar-refractivity contribution in [3.05, 3.63) is 22.7 Å². The van der Waals surface area contributed by atoms with Crippen LogP contribution in [0.1, 0.15) is 12.8 Å². The molecular formula is C11H14BrN3O3S. The standard InChI is InChI=1S/C11H14BrN3O3S/c12-9-3-2-8(5-10(9)13)19(17,18)14-6-7-1-4-11(16)15-7/h2-3,5,7,14H,1,4,6,13H2,(H,15,16). The maximum absolute atomic E-state index is 12.0. The average Bonchev–Trinajstić information content (AvgIpc) is 2.76. The van der Waals surface area contributed by atoms with Gasteiger partial charge in [0.15, 0.2) is 0 Å². The average molecular weight is 348 g/mol. The van der Waals surface area contributed by atoms with Crippen molar-refractivity contribution >= 4 is 37.5 Å². The van der Waals surface area contributed by atoms with Crippen LogP contribution in [0, 0.1) is 0 Å². The van der Waals surface area contributed by atoms with E-state index in [-0.39, 0.29) is 23.4 Å². The first kappa shape index (κ1) is 14.3. The number of rotatable bonds is 4. The molecule has 1 saturated heterocycles. The maximum Gasteiger partial charge on any atom is 0.240 e.